The van der Waals surface area contributed by atoms with Gasteiger partial charge in [0, 0.05) is 32.8 Å². The number of piperidine rings is 1. The standard InChI is InChI=1S/C17H30N2O4/c1-23-12-6-10-17(15(20)21)9-5-11-19(13-17)16(22)18-14-7-3-2-4-8-14/h14H,2-13H2,1H3,(H,18,22)(H,20,21)/t17-/m0/s1. The van der Waals surface area contributed by atoms with Crippen molar-refractivity contribution < 1.29 is 19.4 Å². The van der Waals surface area contributed by atoms with Gasteiger partial charge in [0.2, 0.25) is 0 Å². The number of urea groups is 1. The Morgan fingerprint density at radius 2 is 2.00 bits per heavy atom. The van der Waals surface area contributed by atoms with Crippen LogP contribution in [-0.4, -0.2) is 54.9 Å². The number of carbonyl (C=O) groups is 2. The van der Waals surface area contributed by atoms with Gasteiger partial charge in [0.25, 0.3) is 0 Å². The number of ether oxygens (including phenoxy) is 1. The van der Waals surface area contributed by atoms with E-state index in [2.05, 4.69) is 5.32 Å². The van der Waals surface area contributed by atoms with E-state index in [1.165, 1.54) is 19.3 Å². The van der Waals surface area contributed by atoms with Gasteiger partial charge in [0.1, 0.15) is 0 Å². The predicted molar refractivity (Wildman–Crippen MR) is 87.4 cm³/mol. The molecule has 2 aliphatic rings. The molecule has 0 radical (unpaired) electrons. The second-order valence-electron chi connectivity index (χ2n) is 6.99. The van der Waals surface area contributed by atoms with Crippen LogP contribution < -0.4 is 5.32 Å². The fourth-order valence-corrected chi connectivity index (χ4v) is 3.86. The highest BCUT2D eigenvalue weighted by Gasteiger charge is 2.43. The first kappa shape index (κ1) is 18.0. The minimum absolute atomic E-state index is 0.0889. The number of aliphatic carboxylic acids is 1. The van der Waals surface area contributed by atoms with Crippen LogP contribution in [0.25, 0.3) is 0 Å². The third-order valence-corrected chi connectivity index (χ3v) is 5.25. The lowest BCUT2D eigenvalue weighted by Crippen LogP contribution is -2.54. The summed E-state index contributed by atoms with van der Waals surface area (Å²) in [6.07, 6.45) is 8.32. The molecule has 132 valence electrons. The average molecular weight is 326 g/mol. The van der Waals surface area contributed by atoms with Gasteiger partial charge in [0.15, 0.2) is 0 Å². The zero-order valence-corrected chi connectivity index (χ0v) is 14.2. The number of nitrogens with one attached hydrogen (secondary N) is 1. The quantitative estimate of drug-likeness (QED) is 0.736. The number of hydrogen-bond donors (Lipinski definition) is 2. The minimum atomic E-state index is -0.819. The SMILES string of the molecule is COCCC[C@@]1(C(=O)O)CCCN(C(=O)NC2CCCCC2)C1. The Bertz CT molecular complexity index is 409. The highest BCUT2D eigenvalue weighted by molar-refractivity contribution is 5.79. The molecule has 0 bridgehead atoms. The van der Waals surface area contributed by atoms with E-state index < -0.39 is 11.4 Å². The molecule has 1 saturated carbocycles. The molecule has 1 saturated heterocycles. The zero-order chi connectivity index (χ0) is 16.7. The highest BCUT2D eigenvalue weighted by Crippen LogP contribution is 2.35. The summed E-state index contributed by atoms with van der Waals surface area (Å²) in [6, 6.07) is 0.167. The topological polar surface area (TPSA) is 78.9 Å². The van der Waals surface area contributed by atoms with E-state index in [9.17, 15) is 14.7 Å². The number of amides is 2. The van der Waals surface area contributed by atoms with E-state index in [4.69, 9.17) is 4.74 Å². The van der Waals surface area contributed by atoms with E-state index in [1.54, 1.807) is 12.0 Å². The van der Waals surface area contributed by atoms with Gasteiger partial charge in [-0.3, -0.25) is 4.79 Å². The summed E-state index contributed by atoms with van der Waals surface area (Å²) in [5.74, 6) is -0.788. The molecule has 1 heterocycles. The average Bonchev–Trinajstić information content (AvgIpc) is 2.56. The lowest BCUT2D eigenvalue weighted by atomic mass is 9.76. The number of rotatable bonds is 6. The molecule has 1 atom stereocenters. The summed E-state index contributed by atoms with van der Waals surface area (Å²) in [5, 5.41) is 12.8. The number of methoxy groups -OCH3 is 1. The largest absolute Gasteiger partial charge is 0.481 e. The molecule has 1 aliphatic carbocycles. The lowest BCUT2D eigenvalue weighted by Gasteiger charge is -2.40. The van der Waals surface area contributed by atoms with Crippen LogP contribution in [0.1, 0.15) is 57.8 Å². The molecule has 1 aliphatic heterocycles. The molecule has 0 aromatic carbocycles. The van der Waals surface area contributed by atoms with Crippen LogP contribution in [0, 0.1) is 5.41 Å². The summed E-state index contributed by atoms with van der Waals surface area (Å²) < 4.78 is 5.05. The van der Waals surface area contributed by atoms with Crippen molar-refractivity contribution in [3.8, 4) is 0 Å². The van der Waals surface area contributed by atoms with Crippen molar-refractivity contribution in [3.05, 3.63) is 0 Å². The van der Waals surface area contributed by atoms with Crippen LogP contribution in [0.4, 0.5) is 4.79 Å². The molecule has 0 unspecified atom stereocenters. The van der Waals surface area contributed by atoms with Crippen LogP contribution in [-0.2, 0) is 9.53 Å². The molecule has 2 fully saturated rings. The molecule has 2 rings (SSSR count). The molecular formula is C17H30N2O4. The van der Waals surface area contributed by atoms with Crippen LogP contribution in [0.3, 0.4) is 0 Å². The second-order valence-corrected chi connectivity index (χ2v) is 6.99. The number of carboxylic acids is 1. The van der Waals surface area contributed by atoms with Crippen LogP contribution in [0.5, 0.6) is 0 Å². The van der Waals surface area contributed by atoms with Gasteiger partial charge in [-0.05, 0) is 38.5 Å². The van der Waals surface area contributed by atoms with Crippen molar-refractivity contribution in [2.45, 2.75) is 63.8 Å². The van der Waals surface area contributed by atoms with Gasteiger partial charge in [-0.1, -0.05) is 19.3 Å². The molecule has 0 spiro atoms. The number of hydrogen-bond acceptors (Lipinski definition) is 3. The molecule has 6 heteroatoms. The Morgan fingerprint density at radius 1 is 1.26 bits per heavy atom. The van der Waals surface area contributed by atoms with Gasteiger partial charge >= 0.3 is 12.0 Å². The fourth-order valence-electron chi connectivity index (χ4n) is 3.86. The van der Waals surface area contributed by atoms with Crippen LogP contribution >= 0.6 is 0 Å². The Morgan fingerprint density at radius 3 is 2.65 bits per heavy atom. The maximum absolute atomic E-state index is 12.5. The highest BCUT2D eigenvalue weighted by atomic mass is 16.5. The number of likely N-dealkylation sites (tertiary alicyclic amines) is 1. The minimum Gasteiger partial charge on any atom is -0.481 e. The molecular weight excluding hydrogens is 296 g/mol. The van der Waals surface area contributed by atoms with Gasteiger partial charge in [-0.25, -0.2) is 4.79 Å². The number of carbonyl (C=O) groups excluding carboxylic acids is 1. The van der Waals surface area contributed by atoms with E-state index in [0.717, 1.165) is 19.3 Å². The summed E-state index contributed by atoms with van der Waals surface area (Å²) >= 11 is 0. The lowest BCUT2D eigenvalue weighted by molar-refractivity contribution is -0.152. The van der Waals surface area contributed by atoms with Gasteiger partial charge in [-0.2, -0.15) is 0 Å². The monoisotopic (exact) mass is 326 g/mol. The van der Waals surface area contributed by atoms with Crippen molar-refractivity contribution in [1.29, 1.82) is 0 Å². The molecule has 23 heavy (non-hydrogen) atoms. The summed E-state index contributed by atoms with van der Waals surface area (Å²) in [6.45, 7) is 1.52. The van der Waals surface area contributed by atoms with E-state index in [-0.39, 0.29) is 12.1 Å². The third kappa shape index (κ3) is 4.83. The van der Waals surface area contributed by atoms with Crippen LogP contribution in [0.15, 0.2) is 0 Å². The smallest absolute Gasteiger partial charge is 0.317 e. The van der Waals surface area contributed by atoms with Crippen LogP contribution in [0.2, 0.25) is 0 Å². The van der Waals surface area contributed by atoms with Crippen molar-refractivity contribution >= 4 is 12.0 Å². The summed E-state index contributed by atoms with van der Waals surface area (Å²) in [5.41, 5.74) is -0.819. The first-order valence-corrected chi connectivity index (χ1v) is 8.85. The van der Waals surface area contributed by atoms with Gasteiger partial charge in [-0.15, -0.1) is 0 Å². The maximum Gasteiger partial charge on any atom is 0.317 e. The Hall–Kier alpha value is -1.30. The molecule has 2 amide bonds. The second kappa shape index (κ2) is 8.52. The maximum atomic E-state index is 12.5. The Labute approximate surface area is 138 Å². The zero-order valence-electron chi connectivity index (χ0n) is 14.2. The molecule has 0 aromatic heterocycles. The van der Waals surface area contributed by atoms with Crippen molar-refractivity contribution in [1.82, 2.24) is 10.2 Å². The van der Waals surface area contributed by atoms with Crippen molar-refractivity contribution in [2.24, 2.45) is 5.41 Å². The molecule has 2 N–H and O–H groups in total. The third-order valence-electron chi connectivity index (χ3n) is 5.25. The van der Waals surface area contributed by atoms with E-state index in [0.29, 0.717) is 39.0 Å². The normalized spacial score (nSPS) is 26.0. The fraction of sp³-hybridized carbons (Fsp3) is 0.882. The van der Waals surface area contributed by atoms with Crippen molar-refractivity contribution in [3.63, 3.8) is 0 Å². The first-order chi connectivity index (χ1) is 11.1. The van der Waals surface area contributed by atoms with E-state index in [1.807, 2.05) is 0 Å². The van der Waals surface area contributed by atoms with Gasteiger partial charge < -0.3 is 20.1 Å². The Kier molecular flexibility index (Phi) is 6.69. The van der Waals surface area contributed by atoms with Gasteiger partial charge in [0.05, 0.1) is 5.41 Å². The molecule has 6 nitrogen and oxygen atoms in total. The van der Waals surface area contributed by atoms with Crippen molar-refractivity contribution in [2.75, 3.05) is 26.8 Å². The summed E-state index contributed by atoms with van der Waals surface area (Å²) in [7, 11) is 1.62. The number of carboxylic acid groups (broad SMARTS) is 1. The number of nitrogens with zero attached hydrogens (tertiary/aromatic N) is 1. The predicted octanol–water partition coefficient (Wildman–Crippen LogP) is 2.62. The van der Waals surface area contributed by atoms with E-state index >= 15 is 0 Å². The first-order valence-electron chi connectivity index (χ1n) is 8.85. The molecule has 0 aromatic rings. The Balaban J connectivity index is 1.93. The summed E-state index contributed by atoms with van der Waals surface area (Å²) in [4.78, 5) is 26.0.